The third-order valence-electron chi connectivity index (χ3n) is 10.8. The van der Waals surface area contributed by atoms with Gasteiger partial charge in [0.2, 0.25) is 11.7 Å². The molecule has 3 fully saturated rings. The fourth-order valence-corrected chi connectivity index (χ4v) is 9.31. The van der Waals surface area contributed by atoms with Gasteiger partial charge in [-0.05, 0) is 61.9 Å². The summed E-state index contributed by atoms with van der Waals surface area (Å²) in [7, 11) is -3.53. The molecule has 2 atom stereocenters. The van der Waals surface area contributed by atoms with Gasteiger partial charge in [0, 0.05) is 18.5 Å². The third kappa shape index (κ3) is 8.23. The summed E-state index contributed by atoms with van der Waals surface area (Å²) in [5.74, 6) is -5.35. The third-order valence-corrected chi connectivity index (χ3v) is 12.4. The summed E-state index contributed by atoms with van der Waals surface area (Å²) in [6.45, 7) is 3.00. The molecule has 3 aliphatic rings. The molecule has 6 rings (SSSR count). The van der Waals surface area contributed by atoms with Crippen LogP contribution < -0.4 is 11.1 Å². The Kier molecular flexibility index (Phi) is 10.7. The predicted molar refractivity (Wildman–Crippen MR) is 194 cm³/mol. The van der Waals surface area contributed by atoms with Gasteiger partial charge >= 0.3 is 0 Å². The standard InChI is InChI=1S/C37H45N7O8S/c1-36(2,50)30-21-39-42-44(30)27-20-29(34(48)41-37(31(45)32(38)46)14-16-53(51,52)17-15-37)43(22-27)35(49)28(18-23-8-4-3-5-9-23)40-33(47)26-13-12-24-10-6-7-11-25(24)19-26/h6-7,10-13,19,21,23,27,29,50H,3-5,8-9,14-18,20,22H2,1-2H3,(H2,38,46)(H,41,48)/b40-28+/t27-,29-/m0/s1. The Morgan fingerprint density at radius 1 is 1.02 bits per heavy atom. The van der Waals surface area contributed by atoms with E-state index in [1.807, 2.05) is 30.3 Å². The molecule has 4 N–H and O–H groups in total. The van der Waals surface area contributed by atoms with Crippen LogP contribution in [-0.4, -0.2) is 98.2 Å². The molecule has 4 amide bonds. The van der Waals surface area contributed by atoms with Crippen LogP contribution in [0.1, 0.15) is 93.7 Å². The van der Waals surface area contributed by atoms with Gasteiger partial charge in [0.15, 0.2) is 9.84 Å². The molecular weight excluding hydrogens is 703 g/mol. The quantitative estimate of drug-likeness (QED) is 0.202. The highest BCUT2D eigenvalue weighted by atomic mass is 32.2. The smallest absolute Gasteiger partial charge is 0.287 e. The lowest BCUT2D eigenvalue weighted by Crippen LogP contribution is -2.64. The van der Waals surface area contributed by atoms with E-state index in [1.54, 1.807) is 26.0 Å². The number of carbonyl (C=O) groups excluding carboxylic acids is 5. The number of nitrogens with one attached hydrogen (secondary N) is 1. The van der Waals surface area contributed by atoms with Gasteiger partial charge in [-0.25, -0.2) is 18.1 Å². The van der Waals surface area contributed by atoms with E-state index in [9.17, 15) is 37.5 Å². The van der Waals surface area contributed by atoms with Crippen molar-refractivity contribution in [2.45, 2.75) is 94.9 Å². The van der Waals surface area contributed by atoms with E-state index < -0.39 is 74.0 Å². The van der Waals surface area contributed by atoms with Crippen molar-refractivity contribution in [1.29, 1.82) is 0 Å². The minimum Gasteiger partial charge on any atom is -0.384 e. The number of fused-ring (bicyclic) bond motifs is 1. The summed E-state index contributed by atoms with van der Waals surface area (Å²) in [5.41, 5.74) is 2.71. The van der Waals surface area contributed by atoms with Crippen LogP contribution in [0.2, 0.25) is 0 Å². The maximum atomic E-state index is 14.8. The number of amides is 4. The zero-order valence-electron chi connectivity index (χ0n) is 29.9. The number of hydrogen-bond acceptors (Lipinski definition) is 10. The lowest BCUT2D eigenvalue weighted by Gasteiger charge is -2.37. The first-order chi connectivity index (χ1) is 25.1. The van der Waals surface area contributed by atoms with E-state index in [-0.39, 0.29) is 43.9 Å². The lowest BCUT2D eigenvalue weighted by atomic mass is 9.85. The second-order valence-electron chi connectivity index (χ2n) is 15.0. The molecule has 0 radical (unpaired) electrons. The Labute approximate surface area is 307 Å². The zero-order valence-corrected chi connectivity index (χ0v) is 30.7. The number of hydrogen-bond donors (Lipinski definition) is 3. The number of aromatic nitrogens is 3. The molecule has 1 saturated carbocycles. The Bertz CT molecular complexity index is 2070. The van der Waals surface area contributed by atoms with E-state index in [2.05, 4.69) is 20.6 Å². The first-order valence-corrected chi connectivity index (χ1v) is 19.8. The number of benzene rings is 2. The summed E-state index contributed by atoms with van der Waals surface area (Å²) < 4.78 is 26.1. The number of likely N-dealkylation sites (tertiary alicyclic amines) is 1. The van der Waals surface area contributed by atoms with Gasteiger partial charge in [0.1, 0.15) is 22.9 Å². The monoisotopic (exact) mass is 747 g/mol. The van der Waals surface area contributed by atoms with Crippen molar-refractivity contribution in [3.63, 3.8) is 0 Å². The van der Waals surface area contributed by atoms with Crippen LogP contribution in [0.5, 0.6) is 0 Å². The number of aliphatic imine (C=N–C) groups is 1. The molecule has 282 valence electrons. The molecular formula is C37H45N7O8S. The number of Topliss-reactive ketones (excluding diaryl/α,β-unsaturated/α-hetero) is 1. The molecule has 16 heteroatoms. The minimum absolute atomic E-state index is 0.0125. The summed E-state index contributed by atoms with van der Waals surface area (Å²) in [6.07, 6.45) is 5.51. The number of nitrogens with two attached hydrogens (primary N) is 1. The average molecular weight is 748 g/mol. The van der Waals surface area contributed by atoms with Gasteiger partial charge in [0.25, 0.3) is 17.7 Å². The highest BCUT2D eigenvalue weighted by Gasteiger charge is 2.50. The van der Waals surface area contributed by atoms with Crippen molar-refractivity contribution in [1.82, 2.24) is 25.2 Å². The summed E-state index contributed by atoms with van der Waals surface area (Å²) in [5, 5.41) is 23.4. The largest absolute Gasteiger partial charge is 0.384 e. The van der Waals surface area contributed by atoms with Crippen molar-refractivity contribution in [3.8, 4) is 0 Å². The molecule has 53 heavy (non-hydrogen) atoms. The Hall–Kier alpha value is -4.83. The molecule has 1 aliphatic carbocycles. The Morgan fingerprint density at radius 2 is 1.70 bits per heavy atom. The molecule has 0 bridgehead atoms. The second-order valence-corrected chi connectivity index (χ2v) is 17.3. The van der Waals surface area contributed by atoms with Crippen molar-refractivity contribution in [3.05, 3.63) is 59.9 Å². The Morgan fingerprint density at radius 3 is 2.36 bits per heavy atom. The first kappa shape index (κ1) is 37.9. The van der Waals surface area contributed by atoms with Crippen molar-refractivity contribution >= 4 is 55.7 Å². The van der Waals surface area contributed by atoms with Crippen LogP contribution in [0.3, 0.4) is 0 Å². The van der Waals surface area contributed by atoms with Crippen LogP contribution in [-0.2, 0) is 34.6 Å². The molecule has 15 nitrogen and oxygen atoms in total. The summed E-state index contributed by atoms with van der Waals surface area (Å²) in [4.78, 5) is 73.9. The molecule has 0 unspecified atom stereocenters. The summed E-state index contributed by atoms with van der Waals surface area (Å²) >= 11 is 0. The van der Waals surface area contributed by atoms with Gasteiger partial charge < -0.3 is 21.1 Å². The molecule has 2 aliphatic heterocycles. The molecule has 0 spiro atoms. The first-order valence-electron chi connectivity index (χ1n) is 18.0. The fourth-order valence-electron chi connectivity index (χ4n) is 7.79. The maximum absolute atomic E-state index is 14.8. The van der Waals surface area contributed by atoms with Crippen LogP contribution in [0.15, 0.2) is 53.7 Å². The molecule has 2 saturated heterocycles. The van der Waals surface area contributed by atoms with Gasteiger partial charge in [0.05, 0.1) is 29.4 Å². The van der Waals surface area contributed by atoms with Crippen LogP contribution in [0.4, 0.5) is 0 Å². The predicted octanol–water partition coefficient (Wildman–Crippen LogP) is 2.17. The van der Waals surface area contributed by atoms with E-state index in [0.29, 0.717) is 11.3 Å². The molecule has 1 aromatic heterocycles. The van der Waals surface area contributed by atoms with Crippen molar-refractivity contribution in [2.24, 2.45) is 16.6 Å². The number of rotatable bonds is 10. The van der Waals surface area contributed by atoms with Crippen molar-refractivity contribution in [2.75, 3.05) is 18.1 Å². The number of carbonyl (C=O) groups is 5. The van der Waals surface area contributed by atoms with Gasteiger partial charge in [-0.1, -0.05) is 67.6 Å². The molecule has 2 aromatic carbocycles. The van der Waals surface area contributed by atoms with E-state index >= 15 is 0 Å². The Balaban J connectivity index is 1.38. The fraction of sp³-hybridized carbons (Fsp3) is 0.514. The molecule has 3 aromatic rings. The topological polar surface area (TPSA) is 224 Å². The van der Waals surface area contributed by atoms with Crippen LogP contribution in [0, 0.1) is 5.92 Å². The van der Waals surface area contributed by atoms with Crippen molar-refractivity contribution < 1.29 is 37.5 Å². The molecule has 3 heterocycles. The zero-order chi connectivity index (χ0) is 38.1. The number of primary amides is 1. The van der Waals surface area contributed by atoms with Gasteiger partial charge in [-0.3, -0.25) is 24.0 Å². The second kappa shape index (κ2) is 14.9. The minimum atomic E-state index is -3.53. The normalized spacial score (nSPS) is 22.0. The summed E-state index contributed by atoms with van der Waals surface area (Å²) in [6, 6.07) is 10.8. The number of sulfone groups is 1. The van der Waals surface area contributed by atoms with Crippen LogP contribution in [0.25, 0.3) is 10.8 Å². The van der Waals surface area contributed by atoms with Crippen LogP contribution >= 0.6 is 0 Å². The number of nitrogens with zero attached hydrogens (tertiary/aromatic N) is 5. The average Bonchev–Trinajstić information content (AvgIpc) is 3.81. The SMILES string of the molecule is CC(C)(O)c1cnnn1[C@H]1C[C@@H](C(=O)NC2(C(=O)C(N)=O)CCS(=O)(=O)CC2)N(C(=O)/C(CC2CCCCC2)=N/C(=O)c2ccc3ccccc3c2)C1. The highest BCUT2D eigenvalue weighted by Crippen LogP contribution is 2.34. The van der Waals surface area contributed by atoms with E-state index in [0.717, 1.165) is 42.9 Å². The number of ketones is 1. The van der Waals surface area contributed by atoms with E-state index in [4.69, 9.17) is 5.73 Å². The number of aliphatic hydroxyl groups is 1. The van der Waals surface area contributed by atoms with Gasteiger partial charge in [-0.2, -0.15) is 0 Å². The van der Waals surface area contributed by atoms with E-state index in [1.165, 1.54) is 15.8 Å². The maximum Gasteiger partial charge on any atom is 0.287 e. The van der Waals surface area contributed by atoms with Gasteiger partial charge in [-0.15, -0.1) is 5.10 Å². The lowest BCUT2D eigenvalue weighted by molar-refractivity contribution is -0.143. The highest BCUT2D eigenvalue weighted by molar-refractivity contribution is 7.91.